The number of ether oxygens (including phenoxy) is 2. The monoisotopic (exact) mass is 479 g/mol. The van der Waals surface area contributed by atoms with Crippen LogP contribution in [-0.4, -0.2) is 49.3 Å². The van der Waals surface area contributed by atoms with Crippen LogP contribution in [0, 0.1) is 0 Å². The van der Waals surface area contributed by atoms with Gasteiger partial charge in [0, 0.05) is 30.4 Å². The fraction of sp³-hybridized carbons (Fsp3) is 0.520. The highest BCUT2D eigenvalue weighted by molar-refractivity contribution is 6.05. The molecular weight excluding hydrogens is 453 g/mol. The number of pyridine rings is 1. The van der Waals surface area contributed by atoms with E-state index in [1.54, 1.807) is 22.9 Å². The Kier molecular flexibility index (Phi) is 4.29. The van der Waals surface area contributed by atoms with E-state index in [1.807, 2.05) is 6.20 Å². The van der Waals surface area contributed by atoms with Crippen LogP contribution in [0.15, 0.2) is 35.5 Å². The number of hydrogen-bond acceptors (Lipinski definition) is 6. The predicted molar refractivity (Wildman–Crippen MR) is 124 cm³/mol. The Balaban J connectivity index is 1.23. The van der Waals surface area contributed by atoms with Crippen LogP contribution < -0.4 is 15.6 Å². The second-order valence-corrected chi connectivity index (χ2v) is 10.7. The molecule has 3 aromatic rings. The predicted octanol–water partition coefficient (Wildman–Crippen LogP) is 3.18. The van der Waals surface area contributed by atoms with Gasteiger partial charge in [0.15, 0.2) is 0 Å². The van der Waals surface area contributed by atoms with Gasteiger partial charge in [-0.2, -0.15) is 4.98 Å². The number of alkyl halides is 1. The van der Waals surface area contributed by atoms with Gasteiger partial charge in [0.1, 0.15) is 23.5 Å². The minimum Gasteiger partial charge on any atom is -0.474 e. The second-order valence-electron chi connectivity index (χ2n) is 10.7. The first-order chi connectivity index (χ1) is 16.8. The Bertz CT molecular complexity index is 1420. The van der Waals surface area contributed by atoms with E-state index in [4.69, 9.17) is 14.5 Å². The molecule has 1 amide bonds. The van der Waals surface area contributed by atoms with Crippen LogP contribution in [0.3, 0.4) is 0 Å². The highest BCUT2D eigenvalue weighted by Crippen LogP contribution is 2.58. The molecule has 2 atom stereocenters. The molecule has 0 aromatic carbocycles. The summed E-state index contributed by atoms with van der Waals surface area (Å²) < 4.78 is 28.6. The Morgan fingerprint density at radius 2 is 2.09 bits per heavy atom. The van der Waals surface area contributed by atoms with Crippen LogP contribution in [0.25, 0.3) is 5.78 Å². The van der Waals surface area contributed by atoms with Crippen molar-refractivity contribution in [2.24, 2.45) is 0 Å². The van der Waals surface area contributed by atoms with Gasteiger partial charge in [-0.05, 0) is 51.2 Å². The number of carbonyl (C=O) groups excluding carboxylic acids is 1. The second kappa shape index (κ2) is 7.13. The number of fused-ring (bicyclic) bond motifs is 2. The highest BCUT2D eigenvalue weighted by Gasteiger charge is 2.61. The van der Waals surface area contributed by atoms with E-state index >= 15 is 0 Å². The molecule has 3 aliphatic carbocycles. The Morgan fingerprint density at radius 1 is 1.29 bits per heavy atom. The quantitative estimate of drug-likeness (QED) is 0.583. The molecule has 9 nitrogen and oxygen atoms in total. The van der Waals surface area contributed by atoms with Crippen molar-refractivity contribution in [2.75, 3.05) is 11.9 Å². The molecule has 2 aliphatic heterocycles. The van der Waals surface area contributed by atoms with Crippen LogP contribution in [0.4, 0.5) is 10.1 Å². The third-order valence-electron chi connectivity index (χ3n) is 7.91. The lowest BCUT2D eigenvalue weighted by atomic mass is 9.62. The zero-order valence-electron chi connectivity index (χ0n) is 19.4. The van der Waals surface area contributed by atoms with Crippen molar-refractivity contribution < 1.29 is 18.7 Å². The maximum atomic E-state index is 13.5. The average Bonchev–Trinajstić information content (AvgIpc) is 3.10. The van der Waals surface area contributed by atoms with Crippen molar-refractivity contribution in [3.63, 3.8) is 0 Å². The van der Waals surface area contributed by atoms with Gasteiger partial charge in [-0.3, -0.25) is 14.0 Å². The molecule has 3 aromatic heterocycles. The van der Waals surface area contributed by atoms with Gasteiger partial charge in [-0.1, -0.05) is 0 Å². The van der Waals surface area contributed by atoms with E-state index < -0.39 is 23.7 Å². The zero-order chi connectivity index (χ0) is 23.9. The van der Waals surface area contributed by atoms with E-state index in [-0.39, 0.29) is 34.3 Å². The largest absolute Gasteiger partial charge is 0.474 e. The summed E-state index contributed by atoms with van der Waals surface area (Å²) in [4.78, 5) is 35.5. The van der Waals surface area contributed by atoms with Crippen molar-refractivity contribution in [1.29, 1.82) is 0 Å². The summed E-state index contributed by atoms with van der Waals surface area (Å²) in [7, 11) is 0. The van der Waals surface area contributed by atoms with Crippen molar-refractivity contribution in [3.8, 4) is 5.88 Å². The maximum Gasteiger partial charge on any atom is 0.274 e. The number of anilines is 1. The molecule has 5 heterocycles. The summed E-state index contributed by atoms with van der Waals surface area (Å²) in [6, 6.07) is 2.69. The number of aromatic nitrogens is 4. The maximum absolute atomic E-state index is 13.5. The SMILES string of the molecule is C[C@]12C[C@](c3cn4cc(C(=O)Nc5cccn(C6CC6F)c5=O)c(OC5CCC5)nc4n3)(CO1)C2. The lowest BCUT2D eigenvalue weighted by Crippen LogP contribution is -2.45. The summed E-state index contributed by atoms with van der Waals surface area (Å²) >= 11 is 0. The van der Waals surface area contributed by atoms with Gasteiger partial charge in [-0.25, -0.2) is 9.37 Å². The average molecular weight is 480 g/mol. The molecule has 35 heavy (non-hydrogen) atoms. The number of carbonyl (C=O) groups is 1. The van der Waals surface area contributed by atoms with Crippen molar-refractivity contribution in [2.45, 2.75) is 74.8 Å². The smallest absolute Gasteiger partial charge is 0.274 e. The van der Waals surface area contributed by atoms with Crippen molar-refractivity contribution in [1.82, 2.24) is 18.9 Å². The number of rotatable bonds is 6. The molecule has 0 radical (unpaired) electrons. The Morgan fingerprint density at radius 3 is 2.74 bits per heavy atom. The van der Waals surface area contributed by atoms with E-state index in [0.717, 1.165) is 37.8 Å². The lowest BCUT2D eigenvalue weighted by molar-refractivity contribution is 0.0154. The van der Waals surface area contributed by atoms with Gasteiger partial charge in [-0.15, -0.1) is 0 Å². The molecule has 0 spiro atoms. The minimum absolute atomic E-state index is 0.00501. The molecule has 182 valence electrons. The number of hydrogen-bond donors (Lipinski definition) is 1. The summed E-state index contributed by atoms with van der Waals surface area (Å²) in [5, 5.41) is 2.69. The Labute approximate surface area is 200 Å². The summed E-state index contributed by atoms with van der Waals surface area (Å²) in [5.41, 5.74) is 0.609. The van der Waals surface area contributed by atoms with Crippen LogP contribution >= 0.6 is 0 Å². The van der Waals surface area contributed by atoms with Crippen LogP contribution in [0.5, 0.6) is 5.88 Å². The summed E-state index contributed by atoms with van der Waals surface area (Å²) in [5.74, 6) is 0.160. The van der Waals surface area contributed by atoms with Gasteiger partial charge in [0.25, 0.3) is 11.5 Å². The van der Waals surface area contributed by atoms with Crippen LogP contribution in [-0.2, 0) is 10.2 Å². The molecule has 2 unspecified atom stereocenters. The van der Waals surface area contributed by atoms with Gasteiger partial charge in [0.05, 0.1) is 23.9 Å². The molecule has 3 saturated carbocycles. The standard InChI is InChI=1S/C25H26FN5O4/c1-24-11-25(12-24,13-34-24)19-10-30-9-15(21(29-23(30)28-19)35-14-4-2-5-14)20(32)27-17-6-3-7-31(22(17)33)18-8-16(18)26/h3,6-7,9-10,14,16,18H,2,4-5,8,11-13H2,1H3,(H,27,32)/t16?,18?,24-,25-. The molecule has 5 fully saturated rings. The number of imidazole rings is 1. The van der Waals surface area contributed by atoms with Crippen LogP contribution in [0.2, 0.25) is 0 Å². The number of halogens is 1. The topological polar surface area (TPSA) is 99.8 Å². The first-order valence-corrected chi connectivity index (χ1v) is 12.2. The van der Waals surface area contributed by atoms with Crippen molar-refractivity contribution in [3.05, 3.63) is 52.3 Å². The Hall–Kier alpha value is -3.27. The van der Waals surface area contributed by atoms with Gasteiger partial charge in [0.2, 0.25) is 11.7 Å². The van der Waals surface area contributed by atoms with Crippen LogP contribution in [0.1, 0.15) is 67.5 Å². The van der Waals surface area contributed by atoms with Crippen molar-refractivity contribution >= 4 is 17.4 Å². The molecule has 8 rings (SSSR count). The third-order valence-corrected chi connectivity index (χ3v) is 7.91. The van der Waals surface area contributed by atoms with E-state index in [0.29, 0.717) is 18.8 Å². The lowest BCUT2D eigenvalue weighted by Gasteiger charge is -2.41. The minimum atomic E-state index is -1.03. The summed E-state index contributed by atoms with van der Waals surface area (Å²) in [6.07, 6.45) is 9.13. The van der Waals surface area contributed by atoms with E-state index in [2.05, 4.69) is 17.2 Å². The fourth-order valence-electron chi connectivity index (χ4n) is 5.70. The fourth-order valence-corrected chi connectivity index (χ4v) is 5.70. The molecular formula is C25H26FN5O4. The van der Waals surface area contributed by atoms with E-state index in [1.165, 1.54) is 10.6 Å². The summed E-state index contributed by atoms with van der Waals surface area (Å²) in [6.45, 7) is 2.75. The molecule has 5 aliphatic rings. The zero-order valence-corrected chi connectivity index (χ0v) is 19.4. The number of amides is 1. The number of nitrogens with one attached hydrogen (secondary N) is 1. The molecule has 1 N–H and O–H groups in total. The highest BCUT2D eigenvalue weighted by atomic mass is 19.1. The molecule has 10 heteroatoms. The first kappa shape index (κ1) is 21.0. The first-order valence-electron chi connectivity index (χ1n) is 12.2. The molecule has 2 saturated heterocycles. The third kappa shape index (κ3) is 3.30. The van der Waals surface area contributed by atoms with E-state index in [9.17, 15) is 14.0 Å². The molecule has 2 bridgehead atoms. The van der Waals surface area contributed by atoms with Gasteiger partial charge >= 0.3 is 0 Å². The normalized spacial score (nSPS) is 31.1. The van der Waals surface area contributed by atoms with Gasteiger partial charge < -0.3 is 19.4 Å². The number of nitrogens with zero attached hydrogens (tertiary/aromatic N) is 4.